The van der Waals surface area contributed by atoms with E-state index < -0.39 is 7.05 Å². The largest absolute Gasteiger partial charge is 0.491 e. The number of benzene rings is 2. The molecular weight excluding hydrogens is 813 g/mol. The minimum absolute atomic E-state index is 0.274. The second-order valence-electron chi connectivity index (χ2n) is 21.1. The fourth-order valence-electron chi connectivity index (χ4n) is 8.86. The number of halogens is 1. The first-order chi connectivity index (χ1) is 28.0. The number of nitrogens with zero attached hydrogens (tertiary/aromatic N) is 2. The Bertz CT molecular complexity index is 1690. The van der Waals surface area contributed by atoms with E-state index in [9.17, 15) is 10.0 Å². The van der Waals surface area contributed by atoms with Gasteiger partial charge in [-0.15, -0.1) is 0 Å². The molecule has 5 aliphatic rings. The molecule has 0 unspecified atom stereocenters. The van der Waals surface area contributed by atoms with Gasteiger partial charge in [0.05, 0.1) is 23.4 Å². The number of rotatable bonds is 8. The molecule has 2 aromatic carbocycles. The van der Waals surface area contributed by atoms with E-state index in [1.165, 1.54) is 49.7 Å². The first-order valence-electron chi connectivity index (χ1n) is 22.8. The van der Waals surface area contributed by atoms with Crippen LogP contribution in [0.15, 0.2) is 70.6 Å². The van der Waals surface area contributed by atoms with Crippen LogP contribution in [0.25, 0.3) is 5.57 Å². The van der Waals surface area contributed by atoms with Gasteiger partial charge >= 0.3 is 21.2 Å². The van der Waals surface area contributed by atoms with Gasteiger partial charge in [-0.25, -0.2) is 0 Å². The molecule has 0 radical (unpaired) electrons. The van der Waals surface area contributed by atoms with Crippen LogP contribution in [0, 0.1) is 22.7 Å². The van der Waals surface area contributed by atoms with Gasteiger partial charge < -0.3 is 38.5 Å². The van der Waals surface area contributed by atoms with Crippen LogP contribution in [0.3, 0.4) is 0 Å². The van der Waals surface area contributed by atoms with Crippen LogP contribution in [0.5, 0.6) is 11.5 Å². The summed E-state index contributed by atoms with van der Waals surface area (Å²) in [6, 6.07) is 16.6. The maximum absolute atomic E-state index is 9.68. The van der Waals surface area contributed by atoms with Crippen LogP contribution in [0.4, 0.5) is 0 Å². The average Bonchev–Trinajstić information content (AvgIpc) is 3.92. The van der Waals surface area contributed by atoms with E-state index in [1.54, 1.807) is 6.82 Å². The Morgan fingerprint density at radius 1 is 0.633 bits per heavy atom. The monoisotopic (exact) mass is 889 g/mol. The normalized spacial score (nSPS) is 25.6. The highest BCUT2D eigenvalue weighted by molar-refractivity contribution is 9.10. The van der Waals surface area contributed by atoms with Gasteiger partial charge in [0.2, 0.25) is 0 Å². The van der Waals surface area contributed by atoms with Crippen molar-refractivity contribution in [3.63, 3.8) is 0 Å². The van der Waals surface area contributed by atoms with Crippen molar-refractivity contribution in [2.24, 2.45) is 22.7 Å². The SMILES string of the molecule is CB(O)N1CC=C(B2OC(C)(C)C(C)(C)O2)C1.CB(O)N1CC=C(c2ccc(OC3CCC(C(C)(C)C)CC3)cc2)C1.CC(C)(C)C1CCC(Oc2ccc(Br)cc2)CC1. The quantitative estimate of drug-likeness (QED) is 0.254. The van der Waals surface area contributed by atoms with Crippen molar-refractivity contribution in [3.8, 4) is 11.5 Å². The van der Waals surface area contributed by atoms with E-state index >= 15 is 0 Å². The van der Waals surface area contributed by atoms with Crippen LogP contribution in [0.1, 0.15) is 126 Å². The van der Waals surface area contributed by atoms with E-state index in [4.69, 9.17) is 18.8 Å². The molecule has 7 rings (SSSR count). The van der Waals surface area contributed by atoms with Gasteiger partial charge in [-0.2, -0.15) is 0 Å². The Morgan fingerprint density at radius 2 is 1.03 bits per heavy atom. The fourth-order valence-corrected chi connectivity index (χ4v) is 9.12. The summed E-state index contributed by atoms with van der Waals surface area (Å²) in [5, 5.41) is 19.2. The van der Waals surface area contributed by atoms with Gasteiger partial charge in [0.25, 0.3) is 0 Å². The summed E-state index contributed by atoms with van der Waals surface area (Å²) in [4.78, 5) is 4.02. The molecule has 0 amide bonds. The minimum atomic E-state index is -0.425. The molecule has 60 heavy (non-hydrogen) atoms. The maximum atomic E-state index is 9.68. The molecule has 3 fully saturated rings. The van der Waals surface area contributed by atoms with Crippen molar-refractivity contribution in [1.29, 1.82) is 0 Å². The average molecular weight is 889 g/mol. The highest BCUT2D eigenvalue weighted by atomic mass is 79.9. The Kier molecular flexibility index (Phi) is 16.8. The van der Waals surface area contributed by atoms with Crippen LogP contribution >= 0.6 is 15.9 Å². The third-order valence-corrected chi connectivity index (χ3v) is 14.5. The van der Waals surface area contributed by atoms with Crippen molar-refractivity contribution in [3.05, 3.63) is 76.2 Å². The van der Waals surface area contributed by atoms with Gasteiger partial charge in [-0.1, -0.05) is 81.8 Å². The summed E-state index contributed by atoms with van der Waals surface area (Å²) in [5.41, 5.74) is 3.91. The predicted octanol–water partition coefficient (Wildman–Crippen LogP) is 10.9. The van der Waals surface area contributed by atoms with E-state index in [1.807, 2.05) is 40.7 Å². The third-order valence-electron chi connectivity index (χ3n) is 14.0. The topological polar surface area (TPSA) is 83.9 Å². The molecule has 8 nitrogen and oxygen atoms in total. The Labute approximate surface area is 373 Å². The number of ether oxygens (including phenoxy) is 2. The predicted molar refractivity (Wildman–Crippen MR) is 255 cm³/mol. The zero-order valence-electron chi connectivity index (χ0n) is 39.1. The molecule has 330 valence electrons. The first kappa shape index (κ1) is 49.0. The molecule has 12 heteroatoms. The Hall–Kier alpha value is -2.05. The lowest BCUT2D eigenvalue weighted by Crippen LogP contribution is -2.41. The molecule has 0 spiro atoms. The van der Waals surface area contributed by atoms with E-state index in [2.05, 4.69) is 122 Å². The molecule has 0 atom stereocenters. The van der Waals surface area contributed by atoms with Gasteiger partial charge in [-0.05, 0) is 168 Å². The van der Waals surface area contributed by atoms with E-state index in [0.29, 0.717) is 29.6 Å². The number of hydrogen-bond donors (Lipinski definition) is 2. The molecule has 3 heterocycles. The zero-order valence-corrected chi connectivity index (χ0v) is 40.7. The van der Waals surface area contributed by atoms with Gasteiger partial charge in [0.15, 0.2) is 0 Å². The zero-order chi connectivity index (χ0) is 44.0. The molecule has 0 bridgehead atoms. The molecule has 3 aliphatic heterocycles. The second kappa shape index (κ2) is 20.6. The molecule has 2 N–H and O–H groups in total. The summed E-state index contributed by atoms with van der Waals surface area (Å²) in [6.45, 7) is 29.0. The van der Waals surface area contributed by atoms with Crippen molar-refractivity contribution < 1.29 is 28.8 Å². The Morgan fingerprint density at radius 3 is 1.42 bits per heavy atom. The van der Waals surface area contributed by atoms with E-state index in [0.717, 1.165) is 65.8 Å². The highest BCUT2D eigenvalue weighted by Crippen LogP contribution is 2.41. The molecule has 2 saturated carbocycles. The van der Waals surface area contributed by atoms with E-state index in [-0.39, 0.29) is 25.4 Å². The summed E-state index contributed by atoms with van der Waals surface area (Å²) in [7, 11) is -1.09. The summed E-state index contributed by atoms with van der Waals surface area (Å²) in [6.07, 6.45) is 14.9. The minimum Gasteiger partial charge on any atom is -0.490 e. The van der Waals surface area contributed by atoms with Crippen LogP contribution in [-0.2, 0) is 9.31 Å². The van der Waals surface area contributed by atoms with Gasteiger partial charge in [0, 0.05) is 30.7 Å². The summed E-state index contributed by atoms with van der Waals surface area (Å²) < 4.78 is 25.3. The number of hydrogen-bond acceptors (Lipinski definition) is 8. The van der Waals surface area contributed by atoms with Gasteiger partial charge in [0.1, 0.15) is 11.5 Å². The molecule has 0 aromatic heterocycles. The van der Waals surface area contributed by atoms with Gasteiger partial charge in [-0.3, -0.25) is 0 Å². The molecular formula is C48H76B3BrN2O6. The third kappa shape index (κ3) is 13.7. The smallest absolute Gasteiger partial charge is 0.490 e. The fraction of sp³-hybridized carbons (Fsp3) is 0.667. The second-order valence-corrected chi connectivity index (χ2v) is 22.0. The first-order valence-corrected chi connectivity index (χ1v) is 23.6. The highest BCUT2D eigenvalue weighted by Gasteiger charge is 2.53. The summed E-state index contributed by atoms with van der Waals surface area (Å²) in [5.74, 6) is 3.65. The molecule has 2 aromatic rings. The summed E-state index contributed by atoms with van der Waals surface area (Å²) >= 11 is 3.44. The lowest BCUT2D eigenvalue weighted by Gasteiger charge is -2.36. The van der Waals surface area contributed by atoms with Crippen molar-refractivity contribution in [2.45, 2.75) is 158 Å². The molecule has 1 saturated heterocycles. The lowest BCUT2D eigenvalue weighted by atomic mass is 9.72. The lowest BCUT2D eigenvalue weighted by molar-refractivity contribution is 0.00578. The van der Waals surface area contributed by atoms with Crippen molar-refractivity contribution in [2.75, 3.05) is 26.2 Å². The van der Waals surface area contributed by atoms with Crippen LogP contribution in [0.2, 0.25) is 13.6 Å². The van der Waals surface area contributed by atoms with Crippen molar-refractivity contribution in [1.82, 2.24) is 9.62 Å². The van der Waals surface area contributed by atoms with Crippen LogP contribution < -0.4 is 9.47 Å². The standard InChI is InChI=1S/C21H32BNO2.C16H23BrO.C11H21B2NO3/c1-21(2,3)18-7-11-20(12-8-18)25-19-9-5-16(6-10-19)17-13-14-23(15-17)22(4)24;1-16(2,3)12-4-8-14(9-5-12)18-15-10-6-13(17)7-11-15;1-10(2)11(3,4)17-13(16-10)9-6-7-14(8-9)12(5)15/h5-6,9-10,13,18,20,24H,7-8,11-12,14-15H2,1-4H3;6-7,10-12,14H,4-5,8-9H2,1-3H3;6,15H,7-8H2,1-5H3. The van der Waals surface area contributed by atoms with Crippen LogP contribution in [-0.4, -0.2) is 90.5 Å². The van der Waals surface area contributed by atoms with Crippen molar-refractivity contribution >= 4 is 42.7 Å². The molecule has 2 aliphatic carbocycles. The Balaban J connectivity index is 0.000000175. The maximum Gasteiger partial charge on any atom is 0.491 e.